The van der Waals surface area contributed by atoms with Gasteiger partial charge in [-0.15, -0.1) is 5.10 Å². The number of aromatic nitrogens is 3. The first-order valence-corrected chi connectivity index (χ1v) is 12.4. The second kappa shape index (κ2) is 8.04. The SMILES string of the molecule is CSc1nc2n(n1)[C@@H](c1ccccc1F)C1=C(N2)c2ccccc2O[C@H]1c1ccc(Br)cc1. The second-order valence-corrected chi connectivity index (χ2v) is 9.48. The average Bonchev–Trinajstić information content (AvgIpc) is 3.26. The van der Waals surface area contributed by atoms with Crippen molar-refractivity contribution in [3.05, 3.63) is 105 Å². The summed E-state index contributed by atoms with van der Waals surface area (Å²) >= 11 is 4.96. The van der Waals surface area contributed by atoms with E-state index in [0.717, 1.165) is 32.6 Å². The van der Waals surface area contributed by atoms with Gasteiger partial charge in [0.1, 0.15) is 23.7 Å². The molecule has 164 valence electrons. The third-order valence-corrected chi connectivity index (χ3v) is 6.98. The molecule has 1 N–H and O–H groups in total. The molecule has 5 nitrogen and oxygen atoms in total. The molecule has 33 heavy (non-hydrogen) atoms. The molecule has 0 spiro atoms. The number of rotatable bonds is 3. The fourth-order valence-corrected chi connectivity index (χ4v) is 5.06. The van der Waals surface area contributed by atoms with Crippen molar-refractivity contribution in [3.8, 4) is 5.75 Å². The highest BCUT2D eigenvalue weighted by atomic mass is 79.9. The molecule has 0 saturated carbocycles. The third-order valence-electron chi connectivity index (χ3n) is 5.92. The van der Waals surface area contributed by atoms with Gasteiger partial charge in [-0.05, 0) is 42.2 Å². The van der Waals surface area contributed by atoms with Gasteiger partial charge in [0.05, 0.1) is 5.70 Å². The minimum Gasteiger partial charge on any atom is -0.480 e. The summed E-state index contributed by atoms with van der Waals surface area (Å²) in [6, 6.07) is 22.2. The van der Waals surface area contributed by atoms with Crippen LogP contribution in [-0.4, -0.2) is 21.0 Å². The topological polar surface area (TPSA) is 52.0 Å². The van der Waals surface area contributed by atoms with Gasteiger partial charge in [0.25, 0.3) is 0 Å². The molecule has 8 heteroatoms. The summed E-state index contributed by atoms with van der Waals surface area (Å²) in [7, 11) is 0. The first-order chi connectivity index (χ1) is 16.1. The molecule has 2 aliphatic rings. The van der Waals surface area contributed by atoms with E-state index in [1.165, 1.54) is 17.8 Å². The Bertz CT molecular complexity index is 1400. The Morgan fingerprint density at radius 3 is 2.58 bits per heavy atom. The normalized spacial score (nSPS) is 18.6. The van der Waals surface area contributed by atoms with Crippen LogP contribution in [0.2, 0.25) is 0 Å². The molecule has 0 radical (unpaired) electrons. The van der Waals surface area contributed by atoms with Crippen LogP contribution in [0.25, 0.3) is 5.70 Å². The van der Waals surface area contributed by atoms with Gasteiger partial charge in [-0.3, -0.25) is 0 Å². The van der Waals surface area contributed by atoms with Gasteiger partial charge in [-0.1, -0.05) is 70.2 Å². The largest absolute Gasteiger partial charge is 0.480 e. The molecular formula is C25H18BrFN4OS. The van der Waals surface area contributed by atoms with Crippen LogP contribution >= 0.6 is 27.7 Å². The standard InChI is InChI=1S/C25H18BrFN4OS/c1-33-25-29-24-28-21-17-7-3-5-9-19(17)32-23(14-10-12-15(26)13-11-14)20(21)22(31(24)30-25)16-6-2-4-8-18(16)27/h2-13,22-23H,1H3,(H,28,29,30)/t22-,23-/m0/s1. The number of fused-ring (bicyclic) bond motifs is 3. The van der Waals surface area contributed by atoms with Crippen molar-refractivity contribution in [2.24, 2.45) is 0 Å². The summed E-state index contributed by atoms with van der Waals surface area (Å²) in [6.45, 7) is 0. The zero-order chi connectivity index (χ0) is 22.5. The maximum atomic E-state index is 15.2. The van der Waals surface area contributed by atoms with Crippen LogP contribution in [0.1, 0.15) is 28.8 Å². The molecule has 0 fully saturated rings. The zero-order valence-corrected chi connectivity index (χ0v) is 19.9. The lowest BCUT2D eigenvalue weighted by Gasteiger charge is -2.39. The van der Waals surface area contributed by atoms with E-state index in [4.69, 9.17) is 9.84 Å². The van der Waals surface area contributed by atoms with Gasteiger partial charge < -0.3 is 10.1 Å². The summed E-state index contributed by atoms with van der Waals surface area (Å²) in [5.74, 6) is 1.05. The van der Waals surface area contributed by atoms with Gasteiger partial charge in [-0.25, -0.2) is 9.07 Å². The lowest BCUT2D eigenvalue weighted by molar-refractivity contribution is 0.222. The Balaban J connectivity index is 1.65. The van der Waals surface area contributed by atoms with Crippen molar-refractivity contribution in [1.82, 2.24) is 14.8 Å². The van der Waals surface area contributed by atoms with Gasteiger partial charge in [0.15, 0.2) is 0 Å². The predicted molar refractivity (Wildman–Crippen MR) is 131 cm³/mol. The quantitative estimate of drug-likeness (QED) is 0.314. The van der Waals surface area contributed by atoms with Crippen LogP contribution in [0.3, 0.4) is 0 Å². The highest BCUT2D eigenvalue weighted by molar-refractivity contribution is 9.10. The monoisotopic (exact) mass is 520 g/mol. The van der Waals surface area contributed by atoms with Crippen molar-refractivity contribution >= 4 is 39.3 Å². The highest BCUT2D eigenvalue weighted by Crippen LogP contribution is 2.51. The fourth-order valence-electron chi connectivity index (χ4n) is 4.45. The van der Waals surface area contributed by atoms with E-state index in [9.17, 15) is 0 Å². The van der Waals surface area contributed by atoms with Crippen LogP contribution in [-0.2, 0) is 0 Å². The molecule has 1 aromatic heterocycles. The number of nitrogens with one attached hydrogen (secondary N) is 1. The van der Waals surface area contributed by atoms with E-state index in [2.05, 4.69) is 26.2 Å². The van der Waals surface area contributed by atoms with Crippen LogP contribution in [0.5, 0.6) is 5.75 Å². The molecule has 4 aromatic rings. The zero-order valence-electron chi connectivity index (χ0n) is 17.5. The van der Waals surface area contributed by atoms with Crippen molar-refractivity contribution in [2.75, 3.05) is 11.6 Å². The molecule has 0 aliphatic carbocycles. The third kappa shape index (κ3) is 3.36. The van der Waals surface area contributed by atoms with Gasteiger partial charge in [-0.2, -0.15) is 4.98 Å². The number of hydrogen-bond acceptors (Lipinski definition) is 5. The molecule has 3 heterocycles. The van der Waals surface area contributed by atoms with E-state index in [-0.39, 0.29) is 5.82 Å². The van der Waals surface area contributed by atoms with Crippen LogP contribution in [0.15, 0.2) is 88.0 Å². The summed E-state index contributed by atoms with van der Waals surface area (Å²) < 4.78 is 24.6. The fraction of sp³-hybridized carbons (Fsp3) is 0.120. The lowest BCUT2D eigenvalue weighted by Crippen LogP contribution is -2.32. The van der Waals surface area contributed by atoms with Crippen molar-refractivity contribution in [1.29, 1.82) is 0 Å². The summed E-state index contributed by atoms with van der Waals surface area (Å²) in [4.78, 5) is 4.65. The van der Waals surface area contributed by atoms with Crippen LogP contribution in [0, 0.1) is 5.82 Å². The second-order valence-electron chi connectivity index (χ2n) is 7.79. The number of benzene rings is 3. The number of hydrogen-bond donors (Lipinski definition) is 1. The number of halogens is 2. The van der Waals surface area contributed by atoms with E-state index in [1.54, 1.807) is 16.8 Å². The minimum atomic E-state index is -0.521. The van der Waals surface area contributed by atoms with Crippen LogP contribution < -0.4 is 10.1 Å². The summed E-state index contributed by atoms with van der Waals surface area (Å²) in [5, 5.41) is 8.80. The summed E-state index contributed by atoms with van der Waals surface area (Å²) in [6.07, 6.45) is 1.49. The maximum absolute atomic E-state index is 15.2. The average molecular weight is 521 g/mol. The van der Waals surface area contributed by atoms with E-state index >= 15 is 4.39 Å². The van der Waals surface area contributed by atoms with Crippen molar-refractivity contribution < 1.29 is 9.13 Å². The molecule has 3 aromatic carbocycles. The Kier molecular flexibility index (Phi) is 4.99. The van der Waals surface area contributed by atoms with Gasteiger partial charge >= 0.3 is 0 Å². The molecule has 2 atom stereocenters. The van der Waals surface area contributed by atoms with E-state index in [0.29, 0.717) is 16.7 Å². The molecule has 0 unspecified atom stereocenters. The Labute approximate surface area is 202 Å². The number of anilines is 1. The Morgan fingerprint density at radius 2 is 1.79 bits per heavy atom. The molecule has 0 saturated heterocycles. The van der Waals surface area contributed by atoms with Gasteiger partial charge in [0, 0.05) is 21.2 Å². The Hall–Kier alpha value is -3.10. The predicted octanol–water partition coefficient (Wildman–Crippen LogP) is 6.46. The number of thioether (sulfide) groups is 1. The van der Waals surface area contributed by atoms with E-state index in [1.807, 2.05) is 60.9 Å². The lowest BCUT2D eigenvalue weighted by atomic mass is 9.84. The number of ether oxygens (including phenoxy) is 1. The number of nitrogens with zero attached hydrogens (tertiary/aromatic N) is 3. The smallest absolute Gasteiger partial charge is 0.227 e. The summed E-state index contributed by atoms with van der Waals surface area (Å²) in [5.41, 5.74) is 4.19. The minimum absolute atomic E-state index is 0.295. The van der Waals surface area contributed by atoms with Crippen molar-refractivity contribution in [3.63, 3.8) is 0 Å². The maximum Gasteiger partial charge on any atom is 0.227 e. The molecular weight excluding hydrogens is 503 g/mol. The van der Waals surface area contributed by atoms with Crippen molar-refractivity contribution in [2.45, 2.75) is 17.3 Å². The molecule has 0 bridgehead atoms. The molecule has 6 rings (SSSR count). The van der Waals surface area contributed by atoms with Crippen LogP contribution in [0.4, 0.5) is 10.3 Å². The van der Waals surface area contributed by atoms with E-state index < -0.39 is 12.1 Å². The van der Waals surface area contributed by atoms with Gasteiger partial charge in [0.2, 0.25) is 11.1 Å². The molecule has 0 amide bonds. The molecule has 2 aliphatic heterocycles. The first kappa shape index (κ1) is 20.5. The Morgan fingerprint density at radius 1 is 1.03 bits per heavy atom. The highest BCUT2D eigenvalue weighted by Gasteiger charge is 2.42. The first-order valence-electron chi connectivity index (χ1n) is 10.4. The number of para-hydroxylation sites is 1.